The van der Waals surface area contributed by atoms with E-state index in [9.17, 15) is 16.8 Å². The average molecular weight is 284 g/mol. The smallest absolute Gasteiger partial charge is 0.249 e. The second kappa shape index (κ2) is 6.36. The Morgan fingerprint density at radius 1 is 1.18 bits per heavy atom. The molecule has 17 heavy (non-hydrogen) atoms. The minimum Gasteiger partial charge on any atom is -0.249 e. The van der Waals surface area contributed by atoms with E-state index < -0.39 is 26.0 Å². The van der Waals surface area contributed by atoms with Crippen LogP contribution in [0.1, 0.15) is 0 Å². The molecule has 0 aromatic rings. The van der Waals surface area contributed by atoms with Crippen molar-refractivity contribution in [2.75, 3.05) is 19.2 Å². The molecule has 0 rings (SSSR count). The van der Waals surface area contributed by atoms with Gasteiger partial charge in [-0.05, 0) is 0 Å². The first-order chi connectivity index (χ1) is 7.64. The van der Waals surface area contributed by atoms with Gasteiger partial charge in [-0.15, -0.1) is 10.2 Å². The first-order valence-electron chi connectivity index (χ1n) is 3.97. The second-order valence-electron chi connectivity index (χ2n) is 2.76. The average Bonchev–Trinajstić information content (AvgIpc) is 2.08. The van der Waals surface area contributed by atoms with E-state index in [-0.39, 0.29) is 6.67 Å². The van der Waals surface area contributed by atoms with Crippen molar-refractivity contribution in [3.8, 4) is 0 Å². The van der Waals surface area contributed by atoms with Gasteiger partial charge in [0, 0.05) is 6.72 Å². The molecular formula is C5H12N6O4S2. The molecule has 0 amide bonds. The highest BCUT2D eigenvalue weighted by atomic mass is 32.2. The molecular weight excluding hydrogens is 272 g/mol. The van der Waals surface area contributed by atoms with Gasteiger partial charge in [0.1, 0.15) is 6.67 Å². The summed E-state index contributed by atoms with van der Waals surface area (Å²) in [5.41, 5.74) is 0. The summed E-state index contributed by atoms with van der Waals surface area (Å²) in [7, 11) is -6.96. The van der Waals surface area contributed by atoms with Crippen molar-refractivity contribution in [3.05, 3.63) is 0 Å². The molecule has 0 aliphatic rings. The predicted octanol–water partition coefficient (Wildman–Crippen LogP) is -1.53. The van der Waals surface area contributed by atoms with Gasteiger partial charge in [0.25, 0.3) is 5.96 Å². The zero-order chi connectivity index (χ0) is 13.5. The lowest BCUT2D eigenvalue weighted by Crippen LogP contribution is -2.28. The predicted molar refractivity (Wildman–Crippen MR) is 62.7 cm³/mol. The van der Waals surface area contributed by atoms with E-state index in [2.05, 4.69) is 27.1 Å². The molecule has 0 aromatic heterocycles. The van der Waals surface area contributed by atoms with E-state index in [0.29, 0.717) is 0 Å². The van der Waals surface area contributed by atoms with E-state index in [4.69, 9.17) is 0 Å². The fourth-order valence-electron chi connectivity index (χ4n) is 0.542. The van der Waals surface area contributed by atoms with E-state index in [1.807, 2.05) is 9.44 Å². The van der Waals surface area contributed by atoms with Crippen LogP contribution in [0.3, 0.4) is 0 Å². The van der Waals surface area contributed by atoms with Crippen LogP contribution in [0.5, 0.6) is 0 Å². The van der Waals surface area contributed by atoms with Crippen LogP contribution in [-0.2, 0) is 20.0 Å². The first kappa shape index (κ1) is 15.6. The van der Waals surface area contributed by atoms with Crippen molar-refractivity contribution in [2.24, 2.45) is 20.4 Å². The molecule has 0 aromatic carbocycles. The Morgan fingerprint density at radius 2 is 1.76 bits per heavy atom. The third kappa shape index (κ3) is 10.9. The van der Waals surface area contributed by atoms with Crippen LogP contribution in [0.15, 0.2) is 20.4 Å². The number of nitrogens with zero attached hydrogens (tertiary/aromatic N) is 4. The molecule has 0 aliphatic heterocycles. The topological polar surface area (TPSA) is 142 Å². The Hall–Kier alpha value is -1.40. The molecule has 0 saturated carbocycles. The number of nitrogens with one attached hydrogen (secondary N) is 2. The zero-order valence-electron chi connectivity index (χ0n) is 9.15. The summed E-state index contributed by atoms with van der Waals surface area (Å²) >= 11 is 0. The second-order valence-corrected chi connectivity index (χ2v) is 6.34. The number of hydrogen-bond acceptors (Lipinski definition) is 7. The van der Waals surface area contributed by atoms with Gasteiger partial charge in [-0.3, -0.25) is 0 Å². The standard InChI is InChI=1S/C5H12N6O4S2/c1-6-9-5(11-17(3,14)15)10-7-4-8-16(2,12)13/h8H,1,4H2,2-3H3,(H,9,11)/b10-7-. The SMILES string of the molecule is C=N/N=C(\N=N/CNS(C)(=O)=O)NS(C)(=O)=O. The van der Waals surface area contributed by atoms with Gasteiger partial charge in [0.2, 0.25) is 20.0 Å². The van der Waals surface area contributed by atoms with Gasteiger partial charge in [0.15, 0.2) is 0 Å². The molecule has 98 valence electrons. The molecule has 2 N–H and O–H groups in total. The molecule has 0 aliphatic carbocycles. The van der Waals surface area contributed by atoms with Crippen molar-refractivity contribution in [1.29, 1.82) is 0 Å². The minimum absolute atomic E-state index is 0.347. The van der Waals surface area contributed by atoms with Crippen LogP contribution in [0.2, 0.25) is 0 Å². The van der Waals surface area contributed by atoms with Gasteiger partial charge < -0.3 is 0 Å². The van der Waals surface area contributed by atoms with Crippen LogP contribution in [0.4, 0.5) is 0 Å². The summed E-state index contributed by atoms with van der Waals surface area (Å²) in [5.74, 6) is -0.419. The Kier molecular flexibility index (Phi) is 5.84. The molecule has 12 heteroatoms. The Bertz CT molecular complexity index is 519. The van der Waals surface area contributed by atoms with E-state index >= 15 is 0 Å². The maximum atomic E-state index is 10.8. The van der Waals surface area contributed by atoms with Gasteiger partial charge in [-0.2, -0.15) is 14.9 Å². The number of sulfonamides is 2. The summed E-state index contributed by atoms with van der Waals surface area (Å²) < 4.78 is 46.9. The minimum atomic E-state index is -3.57. The first-order valence-corrected chi connectivity index (χ1v) is 7.76. The van der Waals surface area contributed by atoms with E-state index in [1.165, 1.54) is 0 Å². The molecule has 0 spiro atoms. The third-order valence-corrected chi connectivity index (χ3v) is 2.21. The summed E-state index contributed by atoms with van der Waals surface area (Å²) in [6, 6.07) is 0. The summed E-state index contributed by atoms with van der Waals surface area (Å²) in [5, 5.41) is 13.0. The highest BCUT2D eigenvalue weighted by molar-refractivity contribution is 7.89. The van der Waals surface area contributed by atoms with Crippen molar-refractivity contribution >= 4 is 32.7 Å². The lowest BCUT2D eigenvalue weighted by molar-refractivity contribution is 0.587. The van der Waals surface area contributed by atoms with Crippen LogP contribution < -0.4 is 9.44 Å². The Morgan fingerprint density at radius 3 is 2.18 bits per heavy atom. The number of hydrogen-bond donors (Lipinski definition) is 2. The molecule has 0 atom stereocenters. The molecule has 10 nitrogen and oxygen atoms in total. The van der Waals surface area contributed by atoms with Gasteiger partial charge in [-0.25, -0.2) is 21.6 Å². The quantitative estimate of drug-likeness (QED) is 0.273. The van der Waals surface area contributed by atoms with E-state index in [1.54, 1.807) is 0 Å². The number of azo groups is 1. The normalized spacial score (nSPS) is 13.9. The Balaban J connectivity index is 4.53. The van der Waals surface area contributed by atoms with Crippen LogP contribution in [-0.4, -0.2) is 48.7 Å². The summed E-state index contributed by atoms with van der Waals surface area (Å²) in [6.45, 7) is 2.67. The fraction of sp³-hybridized carbons (Fsp3) is 0.600. The third-order valence-electron chi connectivity index (χ3n) is 1.00. The van der Waals surface area contributed by atoms with E-state index in [0.717, 1.165) is 12.5 Å². The van der Waals surface area contributed by atoms with Crippen molar-refractivity contribution in [1.82, 2.24) is 9.44 Å². The number of rotatable bonds is 5. The fourth-order valence-corrected chi connectivity index (χ4v) is 1.25. The molecule has 0 radical (unpaired) electrons. The monoisotopic (exact) mass is 284 g/mol. The molecule has 0 saturated heterocycles. The van der Waals surface area contributed by atoms with Crippen molar-refractivity contribution in [3.63, 3.8) is 0 Å². The summed E-state index contributed by atoms with van der Waals surface area (Å²) in [4.78, 5) is 0. The zero-order valence-corrected chi connectivity index (χ0v) is 10.8. The van der Waals surface area contributed by atoms with Gasteiger partial charge in [0.05, 0.1) is 12.5 Å². The lowest BCUT2D eigenvalue weighted by atomic mass is 11.1. The summed E-state index contributed by atoms with van der Waals surface area (Å²) in [6.07, 6.45) is 1.83. The maximum Gasteiger partial charge on any atom is 0.275 e. The van der Waals surface area contributed by atoms with Crippen LogP contribution in [0.25, 0.3) is 0 Å². The maximum absolute atomic E-state index is 10.8. The lowest BCUT2D eigenvalue weighted by Gasteiger charge is -1.99. The highest BCUT2D eigenvalue weighted by Gasteiger charge is 2.05. The number of guanidine groups is 1. The van der Waals surface area contributed by atoms with Crippen LogP contribution in [0, 0.1) is 0 Å². The van der Waals surface area contributed by atoms with Crippen molar-refractivity contribution < 1.29 is 16.8 Å². The molecule has 0 fully saturated rings. The van der Waals surface area contributed by atoms with Crippen LogP contribution >= 0.6 is 0 Å². The van der Waals surface area contributed by atoms with Gasteiger partial charge in [-0.1, -0.05) is 0 Å². The van der Waals surface area contributed by atoms with Gasteiger partial charge >= 0.3 is 0 Å². The van der Waals surface area contributed by atoms with Crippen molar-refractivity contribution in [2.45, 2.75) is 0 Å². The highest BCUT2D eigenvalue weighted by Crippen LogP contribution is 1.85. The molecule has 0 heterocycles. The molecule has 0 bridgehead atoms. The Labute approximate surface area is 99.0 Å². The molecule has 0 unspecified atom stereocenters. The largest absolute Gasteiger partial charge is 0.275 e.